The van der Waals surface area contributed by atoms with Crippen LogP contribution in [0, 0.1) is 11.8 Å². The zero-order valence-corrected chi connectivity index (χ0v) is 20.4. The molecule has 4 unspecified atom stereocenters. The summed E-state index contributed by atoms with van der Waals surface area (Å²) in [5, 5.41) is 6.01. The third kappa shape index (κ3) is 5.35. The lowest BCUT2D eigenvalue weighted by molar-refractivity contribution is -0.148. The number of benzene rings is 1. The lowest BCUT2D eigenvalue weighted by Crippen LogP contribution is -2.59. The summed E-state index contributed by atoms with van der Waals surface area (Å²) in [5.41, 5.74) is 1.04. The molecule has 1 aromatic carbocycles. The standard InChI is InChI=1S/C27H38N4O3/c1-19(28-2)25(32)29-23(21-11-7-4-8-12-21)26(33)31-18-15-22-14-17-30(27(34)24(22)31)16-13-20-9-5-3-6-10-20/h3,5-6,9-10,13,16,19,21-24,28H,4,7-8,11-12,14-15,17-18H2,1-2H3,(H,29,32). The molecule has 34 heavy (non-hydrogen) atoms. The first-order valence-electron chi connectivity index (χ1n) is 12.8. The predicted octanol–water partition coefficient (Wildman–Crippen LogP) is 2.78. The van der Waals surface area contributed by atoms with Crippen LogP contribution in [0.1, 0.15) is 57.4 Å². The molecule has 1 saturated carbocycles. The molecule has 2 N–H and O–H groups in total. The average molecular weight is 467 g/mol. The summed E-state index contributed by atoms with van der Waals surface area (Å²) in [6.45, 7) is 3.05. The number of hydrogen-bond donors (Lipinski definition) is 2. The SMILES string of the molecule is CNC(C)C(=O)NC(C(=O)N1CCC2CCN(C=Cc3ccccc3)C(=O)C21)C1CCCCC1. The van der Waals surface area contributed by atoms with Crippen molar-refractivity contribution < 1.29 is 14.4 Å². The van der Waals surface area contributed by atoms with E-state index >= 15 is 0 Å². The van der Waals surface area contributed by atoms with Gasteiger partial charge in [-0.05, 0) is 63.1 Å². The van der Waals surface area contributed by atoms with E-state index in [0.717, 1.165) is 44.1 Å². The molecule has 2 aliphatic heterocycles. The number of amides is 3. The zero-order chi connectivity index (χ0) is 24.1. The highest BCUT2D eigenvalue weighted by molar-refractivity contribution is 5.94. The fourth-order valence-corrected chi connectivity index (χ4v) is 5.65. The van der Waals surface area contributed by atoms with Crippen molar-refractivity contribution in [1.29, 1.82) is 0 Å². The van der Waals surface area contributed by atoms with Gasteiger partial charge in [0.05, 0.1) is 6.04 Å². The van der Waals surface area contributed by atoms with Crippen molar-refractivity contribution in [2.24, 2.45) is 11.8 Å². The summed E-state index contributed by atoms with van der Waals surface area (Å²) in [7, 11) is 1.74. The first kappa shape index (κ1) is 24.5. The first-order chi connectivity index (χ1) is 16.5. The smallest absolute Gasteiger partial charge is 0.249 e. The van der Waals surface area contributed by atoms with E-state index in [4.69, 9.17) is 0 Å². The van der Waals surface area contributed by atoms with Crippen LogP contribution in [0.5, 0.6) is 0 Å². The Balaban J connectivity index is 1.51. The monoisotopic (exact) mass is 466 g/mol. The minimum Gasteiger partial charge on any atom is -0.343 e. The molecule has 3 fully saturated rings. The Kier molecular flexibility index (Phi) is 8.03. The van der Waals surface area contributed by atoms with Crippen molar-refractivity contribution in [1.82, 2.24) is 20.4 Å². The predicted molar refractivity (Wildman–Crippen MR) is 132 cm³/mol. The van der Waals surface area contributed by atoms with Gasteiger partial charge in [-0.25, -0.2) is 0 Å². The van der Waals surface area contributed by atoms with Crippen LogP contribution in [0.4, 0.5) is 0 Å². The van der Waals surface area contributed by atoms with E-state index in [9.17, 15) is 14.4 Å². The second kappa shape index (κ2) is 11.2. The van der Waals surface area contributed by atoms with Crippen molar-refractivity contribution >= 4 is 23.8 Å². The van der Waals surface area contributed by atoms with Gasteiger partial charge in [-0.1, -0.05) is 49.6 Å². The molecule has 184 valence electrons. The van der Waals surface area contributed by atoms with E-state index in [1.807, 2.05) is 42.6 Å². The maximum Gasteiger partial charge on any atom is 0.249 e. The second-order valence-electron chi connectivity index (χ2n) is 9.97. The Morgan fingerprint density at radius 3 is 2.44 bits per heavy atom. The number of nitrogens with one attached hydrogen (secondary N) is 2. The molecule has 1 aromatic rings. The maximum absolute atomic E-state index is 13.9. The van der Waals surface area contributed by atoms with Crippen LogP contribution in [-0.2, 0) is 14.4 Å². The van der Waals surface area contributed by atoms with Gasteiger partial charge >= 0.3 is 0 Å². The molecule has 7 heteroatoms. The van der Waals surface area contributed by atoms with Crippen molar-refractivity contribution in [3.8, 4) is 0 Å². The van der Waals surface area contributed by atoms with Crippen LogP contribution >= 0.6 is 0 Å². The molecule has 0 spiro atoms. The number of likely N-dealkylation sites (N-methyl/N-ethyl adjacent to an activating group) is 1. The van der Waals surface area contributed by atoms with Gasteiger partial charge in [0.15, 0.2) is 0 Å². The zero-order valence-electron chi connectivity index (χ0n) is 20.4. The molecule has 4 atom stereocenters. The molecule has 0 bridgehead atoms. The number of rotatable bonds is 7. The van der Waals surface area contributed by atoms with E-state index in [1.54, 1.807) is 23.8 Å². The van der Waals surface area contributed by atoms with Gasteiger partial charge in [-0.2, -0.15) is 0 Å². The van der Waals surface area contributed by atoms with Gasteiger partial charge in [-0.15, -0.1) is 0 Å². The molecule has 2 heterocycles. The highest BCUT2D eigenvalue weighted by atomic mass is 16.2. The van der Waals surface area contributed by atoms with Gasteiger partial charge in [0, 0.05) is 19.3 Å². The lowest BCUT2D eigenvalue weighted by Gasteiger charge is -2.39. The largest absolute Gasteiger partial charge is 0.343 e. The fraction of sp³-hybridized carbons (Fsp3) is 0.593. The summed E-state index contributed by atoms with van der Waals surface area (Å²) >= 11 is 0. The van der Waals surface area contributed by atoms with Crippen LogP contribution in [0.25, 0.3) is 6.08 Å². The molecule has 4 rings (SSSR count). The van der Waals surface area contributed by atoms with E-state index in [1.165, 1.54) is 6.42 Å². The molecule has 2 saturated heterocycles. The normalized spacial score (nSPS) is 25.3. The maximum atomic E-state index is 13.9. The van der Waals surface area contributed by atoms with Crippen LogP contribution in [-0.4, -0.2) is 65.8 Å². The Morgan fingerprint density at radius 1 is 1.03 bits per heavy atom. The Morgan fingerprint density at radius 2 is 1.74 bits per heavy atom. The second-order valence-corrected chi connectivity index (χ2v) is 9.97. The number of hydrogen-bond acceptors (Lipinski definition) is 4. The summed E-state index contributed by atoms with van der Waals surface area (Å²) in [4.78, 5) is 43.7. The van der Waals surface area contributed by atoms with Crippen molar-refractivity contribution in [2.75, 3.05) is 20.1 Å². The summed E-state index contributed by atoms with van der Waals surface area (Å²) in [5.74, 6) is 0.0623. The highest BCUT2D eigenvalue weighted by Gasteiger charge is 2.48. The van der Waals surface area contributed by atoms with Crippen molar-refractivity contribution in [3.63, 3.8) is 0 Å². The Hall–Kier alpha value is -2.67. The van der Waals surface area contributed by atoms with Crippen LogP contribution in [0.15, 0.2) is 36.5 Å². The van der Waals surface area contributed by atoms with Gasteiger partial charge in [0.25, 0.3) is 0 Å². The van der Waals surface area contributed by atoms with Gasteiger partial charge in [0.1, 0.15) is 12.1 Å². The number of fused-ring (bicyclic) bond motifs is 1. The fourth-order valence-electron chi connectivity index (χ4n) is 5.65. The van der Waals surface area contributed by atoms with Crippen molar-refractivity contribution in [2.45, 2.75) is 70.0 Å². The number of nitrogens with zero attached hydrogens (tertiary/aromatic N) is 2. The Bertz CT molecular complexity index is 896. The first-order valence-corrected chi connectivity index (χ1v) is 12.8. The molecule has 3 aliphatic rings. The number of carbonyl (C=O) groups excluding carboxylic acids is 3. The number of piperidine rings is 1. The minimum absolute atomic E-state index is 0.00778. The van der Waals surface area contributed by atoms with Gasteiger partial charge < -0.3 is 20.4 Å². The van der Waals surface area contributed by atoms with Crippen LogP contribution in [0.3, 0.4) is 0 Å². The molecular weight excluding hydrogens is 428 g/mol. The van der Waals surface area contributed by atoms with Crippen LogP contribution in [0.2, 0.25) is 0 Å². The van der Waals surface area contributed by atoms with E-state index in [-0.39, 0.29) is 35.6 Å². The lowest BCUT2D eigenvalue weighted by atomic mass is 9.83. The molecule has 0 radical (unpaired) electrons. The quantitative estimate of drug-likeness (QED) is 0.648. The number of carbonyl (C=O) groups is 3. The molecular formula is C27H38N4O3. The summed E-state index contributed by atoms with van der Waals surface area (Å²) in [6.07, 6.45) is 10.7. The van der Waals surface area contributed by atoms with E-state index < -0.39 is 12.1 Å². The van der Waals surface area contributed by atoms with Gasteiger partial charge in [0.2, 0.25) is 17.7 Å². The highest BCUT2D eigenvalue weighted by Crippen LogP contribution is 2.35. The van der Waals surface area contributed by atoms with Gasteiger partial charge in [-0.3, -0.25) is 14.4 Å². The molecule has 1 aliphatic carbocycles. The van der Waals surface area contributed by atoms with E-state index in [0.29, 0.717) is 13.1 Å². The molecule has 3 amide bonds. The van der Waals surface area contributed by atoms with E-state index in [2.05, 4.69) is 10.6 Å². The summed E-state index contributed by atoms with van der Waals surface area (Å²) < 4.78 is 0. The third-order valence-corrected chi connectivity index (χ3v) is 7.84. The van der Waals surface area contributed by atoms with Crippen molar-refractivity contribution in [3.05, 3.63) is 42.1 Å². The third-order valence-electron chi connectivity index (χ3n) is 7.84. The summed E-state index contributed by atoms with van der Waals surface area (Å²) in [6, 6.07) is 8.54. The topological polar surface area (TPSA) is 81.8 Å². The molecule has 7 nitrogen and oxygen atoms in total. The minimum atomic E-state index is -0.564. The van der Waals surface area contributed by atoms with Crippen LogP contribution < -0.4 is 10.6 Å². The number of likely N-dealkylation sites (tertiary alicyclic amines) is 2. The Labute approximate surface area is 202 Å². The average Bonchev–Trinajstić information content (AvgIpc) is 3.32. The molecule has 0 aromatic heterocycles.